The maximum Gasteiger partial charge on any atom is 0.234 e. The number of nitrogens with zero attached hydrogens (tertiary/aromatic N) is 2. The number of carbonyl (C=O) groups is 1. The molecule has 2 aromatic carbocycles. The highest BCUT2D eigenvalue weighted by Crippen LogP contribution is 2.28. The number of aromatic nitrogens is 2. The Labute approximate surface area is 174 Å². The average Bonchev–Trinajstić information content (AvgIpc) is 3.15. The highest BCUT2D eigenvalue weighted by molar-refractivity contribution is 8.01. The molecule has 1 amide bonds. The van der Waals surface area contributed by atoms with Crippen LogP contribution in [-0.2, 0) is 4.79 Å². The molecule has 146 valence electrons. The molecule has 0 fully saturated rings. The molecule has 0 spiro atoms. The van der Waals surface area contributed by atoms with Gasteiger partial charge in [-0.05, 0) is 48.6 Å². The number of aryl methyl sites for hydroxylation is 1. The molecule has 1 atom stereocenters. The van der Waals surface area contributed by atoms with Crippen LogP contribution >= 0.6 is 23.1 Å². The van der Waals surface area contributed by atoms with Gasteiger partial charge in [-0.25, -0.2) is 0 Å². The number of para-hydroxylation sites is 1. The molecule has 28 heavy (non-hydrogen) atoms. The first-order valence-corrected chi connectivity index (χ1v) is 11.0. The van der Waals surface area contributed by atoms with Gasteiger partial charge in [-0.3, -0.25) is 4.79 Å². The number of amides is 1. The highest BCUT2D eigenvalue weighted by Gasteiger charge is 2.10. The van der Waals surface area contributed by atoms with Crippen LogP contribution in [0.25, 0.3) is 0 Å². The van der Waals surface area contributed by atoms with Crippen molar-refractivity contribution in [2.24, 2.45) is 0 Å². The first-order chi connectivity index (χ1) is 13.5. The molecule has 0 radical (unpaired) electrons. The number of hydrogen-bond donors (Lipinski definition) is 2. The van der Waals surface area contributed by atoms with Crippen molar-refractivity contribution in [1.82, 2.24) is 10.2 Å². The molecule has 2 N–H and O–H groups in total. The zero-order valence-electron chi connectivity index (χ0n) is 16.2. The zero-order chi connectivity index (χ0) is 19.9. The molecule has 0 bridgehead atoms. The first kappa shape index (κ1) is 20.4. The molecule has 0 unspecified atom stereocenters. The molecule has 0 saturated heterocycles. The molecule has 5 nitrogen and oxygen atoms in total. The van der Waals surface area contributed by atoms with Crippen molar-refractivity contribution in [2.45, 2.75) is 37.4 Å². The molecule has 7 heteroatoms. The van der Waals surface area contributed by atoms with Crippen LogP contribution < -0.4 is 10.6 Å². The normalized spacial score (nSPS) is 11.8. The van der Waals surface area contributed by atoms with Crippen molar-refractivity contribution >= 4 is 45.5 Å². The van der Waals surface area contributed by atoms with Crippen LogP contribution in [0.5, 0.6) is 0 Å². The second-order valence-electron chi connectivity index (χ2n) is 6.58. The van der Waals surface area contributed by atoms with E-state index in [0.29, 0.717) is 11.7 Å². The van der Waals surface area contributed by atoms with Gasteiger partial charge in [-0.1, -0.05) is 67.3 Å². The Balaban J connectivity index is 1.50. The van der Waals surface area contributed by atoms with Gasteiger partial charge in [-0.15, -0.1) is 10.2 Å². The van der Waals surface area contributed by atoms with Gasteiger partial charge in [-0.2, -0.15) is 0 Å². The maximum atomic E-state index is 12.2. The fraction of sp³-hybridized carbons (Fsp3) is 0.286. The molecular formula is C21H24N4OS2. The van der Waals surface area contributed by atoms with E-state index >= 15 is 0 Å². The third kappa shape index (κ3) is 5.56. The number of benzene rings is 2. The van der Waals surface area contributed by atoms with Gasteiger partial charge in [0, 0.05) is 11.4 Å². The number of thioether (sulfide) groups is 1. The Morgan fingerprint density at radius 2 is 1.89 bits per heavy atom. The summed E-state index contributed by atoms with van der Waals surface area (Å²) in [6, 6.07) is 16.1. The Bertz CT molecular complexity index is 924. The van der Waals surface area contributed by atoms with Crippen molar-refractivity contribution < 1.29 is 4.79 Å². The fourth-order valence-electron chi connectivity index (χ4n) is 2.60. The lowest BCUT2D eigenvalue weighted by Gasteiger charge is -2.10. The Hall–Kier alpha value is -2.38. The quantitative estimate of drug-likeness (QED) is 0.455. The van der Waals surface area contributed by atoms with Gasteiger partial charge in [0.05, 0.1) is 5.75 Å². The van der Waals surface area contributed by atoms with Crippen LogP contribution in [0.15, 0.2) is 52.9 Å². The van der Waals surface area contributed by atoms with E-state index in [2.05, 4.69) is 46.8 Å². The fourth-order valence-corrected chi connectivity index (χ4v) is 4.17. The van der Waals surface area contributed by atoms with Crippen LogP contribution in [0, 0.1) is 6.92 Å². The lowest BCUT2D eigenvalue weighted by molar-refractivity contribution is -0.113. The second-order valence-corrected chi connectivity index (χ2v) is 8.78. The third-order valence-corrected chi connectivity index (χ3v) is 6.47. The summed E-state index contributed by atoms with van der Waals surface area (Å²) in [4.78, 5) is 12.2. The van der Waals surface area contributed by atoms with Crippen LogP contribution in [-0.4, -0.2) is 21.9 Å². The van der Waals surface area contributed by atoms with Crippen LogP contribution in [0.4, 0.5) is 16.5 Å². The zero-order valence-corrected chi connectivity index (χ0v) is 17.9. The third-order valence-electron chi connectivity index (χ3n) is 4.50. The lowest BCUT2D eigenvalue weighted by Crippen LogP contribution is -2.13. The SMILES string of the molecule is CC[C@@H](C)c1ccc(NC(=O)CSc2nnc(Nc3ccccc3C)s2)cc1. The van der Waals surface area contributed by atoms with Gasteiger partial charge in [0.1, 0.15) is 0 Å². The summed E-state index contributed by atoms with van der Waals surface area (Å²) in [5.74, 6) is 0.775. The second kappa shape index (κ2) is 9.71. The van der Waals surface area contributed by atoms with Crippen LogP contribution in [0.2, 0.25) is 0 Å². The topological polar surface area (TPSA) is 66.9 Å². The molecule has 0 saturated carbocycles. The molecule has 0 aliphatic carbocycles. The predicted octanol–water partition coefficient (Wildman–Crippen LogP) is 5.83. The van der Waals surface area contributed by atoms with Gasteiger partial charge in [0.15, 0.2) is 4.34 Å². The lowest BCUT2D eigenvalue weighted by atomic mass is 9.99. The van der Waals surface area contributed by atoms with E-state index in [1.54, 1.807) is 0 Å². The average molecular weight is 413 g/mol. The van der Waals surface area contributed by atoms with Crippen molar-refractivity contribution in [2.75, 3.05) is 16.4 Å². The molecule has 3 aromatic rings. The van der Waals surface area contributed by atoms with E-state index in [4.69, 9.17) is 0 Å². The Morgan fingerprint density at radius 3 is 2.61 bits per heavy atom. The summed E-state index contributed by atoms with van der Waals surface area (Å²) in [6.45, 7) is 6.42. The molecule has 0 aliphatic rings. The number of anilines is 3. The molecule has 1 aromatic heterocycles. The van der Waals surface area contributed by atoms with E-state index in [1.165, 1.54) is 28.7 Å². The number of hydrogen-bond acceptors (Lipinski definition) is 6. The minimum Gasteiger partial charge on any atom is -0.330 e. The van der Waals surface area contributed by atoms with E-state index in [1.807, 2.05) is 43.3 Å². The minimum absolute atomic E-state index is 0.0510. The largest absolute Gasteiger partial charge is 0.330 e. The van der Waals surface area contributed by atoms with Gasteiger partial charge < -0.3 is 10.6 Å². The predicted molar refractivity (Wildman–Crippen MR) is 119 cm³/mol. The van der Waals surface area contributed by atoms with Gasteiger partial charge >= 0.3 is 0 Å². The summed E-state index contributed by atoms with van der Waals surface area (Å²) in [5.41, 5.74) is 4.26. The minimum atomic E-state index is -0.0510. The number of carbonyl (C=O) groups excluding carboxylic acids is 1. The summed E-state index contributed by atoms with van der Waals surface area (Å²) in [5, 5.41) is 15.2. The summed E-state index contributed by atoms with van der Waals surface area (Å²) < 4.78 is 0.762. The number of nitrogens with one attached hydrogen (secondary N) is 2. The van der Waals surface area contributed by atoms with E-state index in [0.717, 1.165) is 32.8 Å². The van der Waals surface area contributed by atoms with Gasteiger partial charge in [0.2, 0.25) is 11.0 Å². The Kier molecular flexibility index (Phi) is 7.06. The highest BCUT2D eigenvalue weighted by atomic mass is 32.2. The first-order valence-electron chi connectivity index (χ1n) is 9.24. The number of rotatable bonds is 8. The molecular weight excluding hydrogens is 388 g/mol. The Morgan fingerprint density at radius 1 is 1.14 bits per heavy atom. The van der Waals surface area contributed by atoms with Crippen molar-refractivity contribution in [3.05, 3.63) is 59.7 Å². The van der Waals surface area contributed by atoms with E-state index in [9.17, 15) is 4.79 Å². The summed E-state index contributed by atoms with van der Waals surface area (Å²) in [7, 11) is 0. The summed E-state index contributed by atoms with van der Waals surface area (Å²) >= 11 is 2.83. The van der Waals surface area contributed by atoms with Crippen molar-refractivity contribution in [3.63, 3.8) is 0 Å². The monoisotopic (exact) mass is 412 g/mol. The summed E-state index contributed by atoms with van der Waals surface area (Å²) in [6.07, 6.45) is 1.10. The van der Waals surface area contributed by atoms with Crippen LogP contribution in [0.1, 0.15) is 37.3 Å². The van der Waals surface area contributed by atoms with Crippen molar-refractivity contribution in [3.8, 4) is 0 Å². The maximum absolute atomic E-state index is 12.2. The van der Waals surface area contributed by atoms with Crippen molar-refractivity contribution in [1.29, 1.82) is 0 Å². The standard InChI is InChI=1S/C21H24N4OS2/c1-4-14(2)16-9-11-17(12-10-16)22-19(26)13-27-21-25-24-20(28-21)23-18-8-6-5-7-15(18)3/h5-12,14H,4,13H2,1-3H3,(H,22,26)(H,23,24)/t14-/m1/s1. The molecule has 1 heterocycles. The smallest absolute Gasteiger partial charge is 0.234 e. The van der Waals surface area contributed by atoms with E-state index < -0.39 is 0 Å². The molecule has 3 rings (SSSR count). The van der Waals surface area contributed by atoms with E-state index in [-0.39, 0.29) is 5.91 Å². The van der Waals surface area contributed by atoms with Gasteiger partial charge in [0.25, 0.3) is 0 Å². The molecule has 0 aliphatic heterocycles. The van der Waals surface area contributed by atoms with Crippen LogP contribution in [0.3, 0.4) is 0 Å².